The smallest absolute Gasteiger partial charge is 0.0837 e. The van der Waals surface area contributed by atoms with E-state index in [-0.39, 0.29) is 10.5 Å². The Balaban J connectivity index is 2.06. The van der Waals surface area contributed by atoms with E-state index in [1.165, 1.54) is 48.8 Å². The lowest BCUT2D eigenvalue weighted by Crippen LogP contribution is -2.42. The molecule has 2 aliphatic carbocycles. The minimum Gasteiger partial charge on any atom is -0.0837 e. The molecule has 2 aliphatic rings. The lowest BCUT2D eigenvalue weighted by Gasteiger charge is -2.41. The van der Waals surface area contributed by atoms with Gasteiger partial charge in [0.2, 0.25) is 0 Å². The van der Waals surface area contributed by atoms with E-state index in [1.54, 1.807) is 15.9 Å². The number of aryl methyl sites for hydroxylation is 1. The summed E-state index contributed by atoms with van der Waals surface area (Å²) >= 11 is 0. The van der Waals surface area contributed by atoms with E-state index in [4.69, 9.17) is 0 Å². The average molecular weight is 447 g/mol. The fraction of sp³-hybridized carbons (Fsp3) is 0.517. The van der Waals surface area contributed by atoms with Crippen LogP contribution in [-0.2, 0) is 0 Å². The van der Waals surface area contributed by atoms with Gasteiger partial charge in [0, 0.05) is 5.04 Å². The Morgan fingerprint density at radius 3 is 2.29 bits per heavy atom. The van der Waals surface area contributed by atoms with Gasteiger partial charge in [-0.2, -0.15) is 0 Å². The molecule has 0 nitrogen and oxygen atoms in total. The van der Waals surface area contributed by atoms with Crippen molar-refractivity contribution in [2.45, 2.75) is 91.4 Å². The molecule has 1 aromatic rings. The van der Waals surface area contributed by atoms with Crippen molar-refractivity contribution in [3.63, 3.8) is 0 Å². The summed E-state index contributed by atoms with van der Waals surface area (Å²) in [5.74, 6) is 0. The molecule has 0 aromatic heterocycles. The van der Waals surface area contributed by atoms with Crippen molar-refractivity contribution < 1.29 is 0 Å². The van der Waals surface area contributed by atoms with Crippen molar-refractivity contribution in [3.8, 4) is 0 Å². The van der Waals surface area contributed by atoms with Crippen molar-refractivity contribution in [2.75, 3.05) is 0 Å². The van der Waals surface area contributed by atoms with Gasteiger partial charge in [0.05, 0.1) is 17.6 Å². The van der Waals surface area contributed by atoms with Gasteiger partial charge in [0.1, 0.15) is 0 Å². The number of hydrogen-bond donors (Lipinski definition) is 0. The molecule has 0 amide bonds. The van der Waals surface area contributed by atoms with Gasteiger partial charge in [-0.3, -0.25) is 0 Å². The van der Waals surface area contributed by atoms with Crippen molar-refractivity contribution in [1.82, 2.24) is 0 Å². The molecule has 0 heterocycles. The Morgan fingerprint density at radius 1 is 1.00 bits per heavy atom. The molecule has 0 bridgehead atoms. The third kappa shape index (κ3) is 5.34. The Labute approximate surface area is 195 Å². The minimum atomic E-state index is -1.34. The van der Waals surface area contributed by atoms with Crippen molar-refractivity contribution in [2.24, 2.45) is 5.41 Å². The average Bonchev–Trinajstić information content (AvgIpc) is 2.89. The van der Waals surface area contributed by atoms with E-state index in [2.05, 4.69) is 103 Å². The quantitative estimate of drug-likeness (QED) is 0.365. The van der Waals surface area contributed by atoms with E-state index in [0.717, 1.165) is 9.52 Å². The molecule has 2 unspecified atom stereocenters. The van der Waals surface area contributed by atoms with Crippen LogP contribution in [0.4, 0.5) is 0 Å². The second kappa shape index (κ2) is 9.23. The summed E-state index contributed by atoms with van der Waals surface area (Å²) in [6.07, 6.45) is 18.4. The van der Waals surface area contributed by atoms with Crippen molar-refractivity contribution >= 4 is 28.0 Å². The largest absolute Gasteiger partial charge is 0.0980 e. The molecule has 0 fully saturated rings. The monoisotopic (exact) mass is 446 g/mol. The third-order valence-corrected chi connectivity index (χ3v) is 11.2. The molecule has 0 saturated heterocycles. The standard InChI is InChI=1S/C29H42Si2/c1-9-10-14-28(15-12-11-13-16-28)21-29(20-23(3)24(4)25(29)5)30-26-17-22(2)18-27(19-26)31(6,7)8/h11-13,15,17-20H,9-10,14,16,21H2,1-8H3. The maximum atomic E-state index is 2.65. The topological polar surface area (TPSA) is 0 Å². The summed E-state index contributed by atoms with van der Waals surface area (Å²) < 4.78 is 0. The molecule has 0 aliphatic heterocycles. The summed E-state index contributed by atoms with van der Waals surface area (Å²) in [7, 11) is -0.546. The van der Waals surface area contributed by atoms with Crippen molar-refractivity contribution in [1.29, 1.82) is 0 Å². The molecule has 166 valence electrons. The predicted molar refractivity (Wildman–Crippen MR) is 144 cm³/mol. The number of unbranched alkanes of at least 4 members (excludes halogenated alkanes) is 1. The Morgan fingerprint density at radius 2 is 1.74 bits per heavy atom. The second-order valence-corrected chi connectivity index (χ2v) is 17.9. The fourth-order valence-electron chi connectivity index (χ4n) is 5.32. The van der Waals surface area contributed by atoms with Crippen LogP contribution in [-0.4, -0.2) is 17.6 Å². The van der Waals surface area contributed by atoms with Crippen LogP contribution in [0.25, 0.3) is 0 Å². The number of hydrogen-bond acceptors (Lipinski definition) is 0. The Hall–Kier alpha value is -1.39. The highest BCUT2D eigenvalue weighted by molar-refractivity contribution is 6.89. The number of allylic oxidation sites excluding steroid dienone is 8. The van der Waals surface area contributed by atoms with E-state index in [0.29, 0.717) is 0 Å². The lowest BCUT2D eigenvalue weighted by molar-refractivity contribution is 0.295. The zero-order valence-electron chi connectivity index (χ0n) is 21.2. The maximum Gasteiger partial charge on any atom is 0.0980 e. The molecule has 31 heavy (non-hydrogen) atoms. The van der Waals surface area contributed by atoms with Crippen LogP contribution in [0.3, 0.4) is 0 Å². The molecule has 2 radical (unpaired) electrons. The first-order valence-electron chi connectivity index (χ1n) is 12.1. The van der Waals surface area contributed by atoms with Gasteiger partial charge < -0.3 is 0 Å². The number of rotatable bonds is 8. The van der Waals surface area contributed by atoms with Gasteiger partial charge in [-0.25, -0.2) is 0 Å². The Bertz CT molecular complexity index is 938. The van der Waals surface area contributed by atoms with E-state index < -0.39 is 8.07 Å². The summed E-state index contributed by atoms with van der Waals surface area (Å²) in [5.41, 5.74) is 6.33. The molecule has 0 spiro atoms. The lowest BCUT2D eigenvalue weighted by atomic mass is 9.70. The van der Waals surface area contributed by atoms with E-state index in [9.17, 15) is 0 Å². The van der Waals surface area contributed by atoms with Gasteiger partial charge in [-0.1, -0.05) is 115 Å². The molecule has 2 atom stereocenters. The maximum absolute atomic E-state index is 2.65. The minimum absolute atomic E-state index is 0.155. The SMILES string of the molecule is CCCCC1(CC2([Si]c3cc(C)cc([Si](C)(C)C)c3)C=C(C)C(C)=C2C)C=CC=CC1. The summed E-state index contributed by atoms with van der Waals surface area (Å²) in [6.45, 7) is 19.1. The molecule has 0 saturated carbocycles. The first kappa shape index (κ1) is 24.3. The first-order valence-corrected chi connectivity index (χ1v) is 16.6. The second-order valence-electron chi connectivity index (χ2n) is 11.1. The molecular weight excluding hydrogens is 404 g/mol. The summed E-state index contributed by atoms with van der Waals surface area (Å²) in [6, 6.07) is 7.45. The highest BCUT2D eigenvalue weighted by Gasteiger charge is 2.43. The van der Waals surface area contributed by atoms with Gasteiger partial charge >= 0.3 is 0 Å². The Kier molecular flexibility index (Phi) is 7.22. The van der Waals surface area contributed by atoms with Crippen LogP contribution >= 0.6 is 0 Å². The molecule has 0 N–H and O–H groups in total. The van der Waals surface area contributed by atoms with Gasteiger partial charge in [-0.05, 0) is 57.9 Å². The number of benzene rings is 1. The van der Waals surface area contributed by atoms with E-state index in [1.807, 2.05) is 0 Å². The summed E-state index contributed by atoms with van der Waals surface area (Å²) in [4.78, 5) is 0. The fourth-order valence-corrected chi connectivity index (χ4v) is 8.86. The van der Waals surface area contributed by atoms with Crippen LogP contribution in [0.5, 0.6) is 0 Å². The molecule has 3 rings (SSSR count). The highest BCUT2D eigenvalue weighted by atomic mass is 28.3. The van der Waals surface area contributed by atoms with Crippen LogP contribution in [0.1, 0.15) is 65.4 Å². The highest BCUT2D eigenvalue weighted by Crippen LogP contribution is 2.56. The van der Waals surface area contributed by atoms with Crippen LogP contribution in [0.2, 0.25) is 24.7 Å². The van der Waals surface area contributed by atoms with Crippen LogP contribution in [0, 0.1) is 12.3 Å². The predicted octanol–water partition coefficient (Wildman–Crippen LogP) is 7.41. The zero-order valence-corrected chi connectivity index (χ0v) is 23.2. The summed E-state index contributed by atoms with van der Waals surface area (Å²) in [5, 5.41) is 3.31. The third-order valence-electron chi connectivity index (χ3n) is 7.48. The first-order chi connectivity index (χ1) is 14.5. The van der Waals surface area contributed by atoms with Crippen LogP contribution < -0.4 is 10.4 Å². The van der Waals surface area contributed by atoms with Gasteiger partial charge in [0.25, 0.3) is 0 Å². The van der Waals surface area contributed by atoms with Crippen molar-refractivity contribution in [3.05, 3.63) is 70.9 Å². The molecular formula is C29H42Si2. The van der Waals surface area contributed by atoms with Gasteiger partial charge in [-0.15, -0.1) is 0 Å². The molecule has 2 heteroatoms. The van der Waals surface area contributed by atoms with Crippen LogP contribution in [0.15, 0.2) is 65.3 Å². The zero-order chi connectivity index (χ0) is 22.9. The van der Waals surface area contributed by atoms with E-state index >= 15 is 0 Å². The van der Waals surface area contributed by atoms with Gasteiger partial charge in [0.15, 0.2) is 0 Å². The normalized spacial score (nSPS) is 26.0. The molecule has 1 aromatic carbocycles.